The van der Waals surface area contributed by atoms with Gasteiger partial charge in [-0.2, -0.15) is 10.4 Å². The van der Waals surface area contributed by atoms with E-state index in [1.165, 1.54) is 0 Å². The summed E-state index contributed by atoms with van der Waals surface area (Å²) in [5.74, 6) is -0.396. The van der Waals surface area contributed by atoms with Crippen LogP contribution in [0.25, 0.3) is 0 Å². The molecule has 1 aromatic heterocycles. The van der Waals surface area contributed by atoms with Gasteiger partial charge >= 0.3 is 5.97 Å². The van der Waals surface area contributed by atoms with Gasteiger partial charge in [0.05, 0.1) is 13.0 Å². The lowest BCUT2D eigenvalue weighted by molar-refractivity contribution is -0.141. The molecular formula is C14H17N3O3. The smallest absolute Gasteiger partial charge is 0.311 e. The molecule has 0 amide bonds. The number of nitrogens with zero attached hydrogens (tertiary/aromatic N) is 3. The highest BCUT2D eigenvalue weighted by molar-refractivity contribution is 5.97. The van der Waals surface area contributed by atoms with Crippen LogP contribution < -0.4 is 5.56 Å². The first kappa shape index (κ1) is 15.6. The predicted octanol–water partition coefficient (Wildman–Crippen LogP) is 1.51. The first-order chi connectivity index (χ1) is 9.40. The van der Waals surface area contributed by atoms with Crippen molar-refractivity contribution in [2.24, 2.45) is 5.10 Å². The van der Waals surface area contributed by atoms with Gasteiger partial charge in [0.2, 0.25) is 0 Å². The number of hydrogen-bond acceptors (Lipinski definition) is 5. The summed E-state index contributed by atoms with van der Waals surface area (Å²) in [6, 6.07) is 3.58. The molecule has 0 aliphatic rings. The second-order valence-electron chi connectivity index (χ2n) is 4.39. The fourth-order valence-electron chi connectivity index (χ4n) is 1.77. The zero-order valence-electron chi connectivity index (χ0n) is 12.1. The molecule has 20 heavy (non-hydrogen) atoms. The third-order valence-electron chi connectivity index (χ3n) is 2.65. The van der Waals surface area contributed by atoms with Gasteiger partial charge in [-0.15, -0.1) is 0 Å². The summed E-state index contributed by atoms with van der Waals surface area (Å²) in [5.41, 5.74) is 1.25. The van der Waals surface area contributed by atoms with Crippen LogP contribution in [-0.2, 0) is 9.53 Å². The summed E-state index contributed by atoms with van der Waals surface area (Å²) in [5, 5.41) is 13.1. The maximum atomic E-state index is 12.1. The predicted molar refractivity (Wildman–Crippen MR) is 74.6 cm³/mol. The minimum atomic E-state index is -0.479. The molecule has 0 saturated heterocycles. The molecular weight excluding hydrogens is 258 g/mol. The van der Waals surface area contributed by atoms with Gasteiger partial charge in [-0.05, 0) is 39.3 Å². The zero-order valence-corrected chi connectivity index (χ0v) is 12.1. The van der Waals surface area contributed by atoms with E-state index in [0.717, 1.165) is 4.68 Å². The SMILES string of the molecule is CCOC(=O)CC(C)=Nn1c(C)cc(C)c(C#N)c1=O. The number of hydrogen-bond donors (Lipinski definition) is 0. The Kier molecular flexibility index (Phi) is 5.21. The third-order valence-corrected chi connectivity index (χ3v) is 2.65. The number of carbonyl (C=O) groups is 1. The summed E-state index contributed by atoms with van der Waals surface area (Å²) in [7, 11) is 0. The third kappa shape index (κ3) is 3.54. The molecule has 0 atom stereocenters. The molecule has 6 heteroatoms. The summed E-state index contributed by atoms with van der Waals surface area (Å²) < 4.78 is 5.95. The number of nitriles is 1. The Labute approximate surface area is 117 Å². The van der Waals surface area contributed by atoms with Gasteiger partial charge in [0.15, 0.2) is 0 Å². The number of esters is 1. The molecule has 106 valence electrons. The number of aryl methyl sites for hydroxylation is 2. The molecule has 1 heterocycles. The minimum Gasteiger partial charge on any atom is -0.466 e. The molecule has 0 bridgehead atoms. The summed E-state index contributed by atoms with van der Waals surface area (Å²) in [6.45, 7) is 7.07. The van der Waals surface area contributed by atoms with Crippen LogP contribution in [0.4, 0.5) is 0 Å². The lowest BCUT2D eigenvalue weighted by Crippen LogP contribution is -2.24. The molecule has 0 aliphatic heterocycles. The van der Waals surface area contributed by atoms with Crippen LogP contribution in [0.2, 0.25) is 0 Å². The van der Waals surface area contributed by atoms with E-state index in [-0.39, 0.29) is 12.0 Å². The summed E-state index contributed by atoms with van der Waals surface area (Å²) in [4.78, 5) is 23.5. The van der Waals surface area contributed by atoms with E-state index in [1.807, 2.05) is 6.07 Å². The second kappa shape index (κ2) is 6.66. The van der Waals surface area contributed by atoms with Crippen molar-refractivity contribution in [2.75, 3.05) is 6.61 Å². The van der Waals surface area contributed by atoms with Crippen LogP contribution in [0.15, 0.2) is 16.0 Å². The number of carbonyl (C=O) groups excluding carboxylic acids is 1. The molecule has 0 fully saturated rings. The fourth-order valence-corrected chi connectivity index (χ4v) is 1.77. The zero-order chi connectivity index (χ0) is 15.3. The van der Waals surface area contributed by atoms with Crippen LogP contribution >= 0.6 is 0 Å². The van der Waals surface area contributed by atoms with Gasteiger partial charge in [0, 0.05) is 11.4 Å². The highest BCUT2D eigenvalue weighted by atomic mass is 16.5. The molecule has 0 aliphatic carbocycles. The first-order valence-corrected chi connectivity index (χ1v) is 6.24. The van der Waals surface area contributed by atoms with Crippen LogP contribution in [0.1, 0.15) is 37.1 Å². The van der Waals surface area contributed by atoms with Gasteiger partial charge in [0.1, 0.15) is 11.6 Å². The van der Waals surface area contributed by atoms with E-state index in [9.17, 15) is 9.59 Å². The lowest BCUT2D eigenvalue weighted by atomic mass is 10.1. The van der Waals surface area contributed by atoms with E-state index in [1.54, 1.807) is 33.8 Å². The van der Waals surface area contributed by atoms with E-state index in [4.69, 9.17) is 10.00 Å². The van der Waals surface area contributed by atoms with E-state index in [0.29, 0.717) is 23.6 Å². The largest absolute Gasteiger partial charge is 0.466 e. The molecule has 6 nitrogen and oxygen atoms in total. The van der Waals surface area contributed by atoms with Gasteiger partial charge in [0.25, 0.3) is 5.56 Å². The Balaban J connectivity index is 3.19. The average molecular weight is 275 g/mol. The number of ether oxygens (including phenoxy) is 1. The number of rotatable bonds is 4. The van der Waals surface area contributed by atoms with E-state index in [2.05, 4.69) is 5.10 Å². The summed E-state index contributed by atoms with van der Waals surface area (Å²) >= 11 is 0. The molecule has 1 aromatic rings. The normalized spacial score (nSPS) is 11.1. The standard InChI is InChI=1S/C14H17N3O3/c1-5-20-13(18)7-10(3)16-17-11(4)6-9(2)12(8-15)14(17)19/h6H,5,7H2,1-4H3. The van der Waals surface area contributed by atoms with Crippen molar-refractivity contribution in [1.29, 1.82) is 5.26 Å². The fraction of sp³-hybridized carbons (Fsp3) is 0.429. The van der Waals surface area contributed by atoms with Gasteiger partial charge < -0.3 is 4.74 Å². The topological polar surface area (TPSA) is 84.4 Å². The van der Waals surface area contributed by atoms with Crippen molar-refractivity contribution in [1.82, 2.24) is 4.68 Å². The van der Waals surface area contributed by atoms with Crippen molar-refractivity contribution in [2.45, 2.75) is 34.1 Å². The molecule has 0 saturated carbocycles. The van der Waals surface area contributed by atoms with Crippen molar-refractivity contribution in [3.8, 4) is 6.07 Å². The second-order valence-corrected chi connectivity index (χ2v) is 4.39. The minimum absolute atomic E-state index is 0.00941. The van der Waals surface area contributed by atoms with E-state index >= 15 is 0 Å². The molecule has 0 spiro atoms. The molecule has 0 radical (unpaired) electrons. The Morgan fingerprint density at radius 1 is 1.50 bits per heavy atom. The van der Waals surface area contributed by atoms with Crippen molar-refractivity contribution < 1.29 is 9.53 Å². The molecule has 1 rings (SSSR count). The Bertz CT molecular complexity index is 651. The molecule has 0 aromatic carbocycles. The maximum Gasteiger partial charge on any atom is 0.311 e. The van der Waals surface area contributed by atoms with Crippen molar-refractivity contribution in [3.63, 3.8) is 0 Å². The Morgan fingerprint density at radius 2 is 2.15 bits per heavy atom. The van der Waals surface area contributed by atoms with Gasteiger partial charge in [-0.3, -0.25) is 9.59 Å². The molecule has 0 unspecified atom stereocenters. The quantitative estimate of drug-likeness (QED) is 0.616. The van der Waals surface area contributed by atoms with Gasteiger partial charge in [-0.1, -0.05) is 0 Å². The molecule has 0 N–H and O–H groups in total. The van der Waals surface area contributed by atoms with Crippen LogP contribution in [0.3, 0.4) is 0 Å². The first-order valence-electron chi connectivity index (χ1n) is 6.24. The Hall–Kier alpha value is -2.42. The maximum absolute atomic E-state index is 12.1. The van der Waals surface area contributed by atoms with Crippen molar-refractivity contribution >= 4 is 11.7 Å². The average Bonchev–Trinajstić information content (AvgIpc) is 2.35. The van der Waals surface area contributed by atoms with Crippen LogP contribution in [0.5, 0.6) is 0 Å². The number of aromatic nitrogens is 1. The Morgan fingerprint density at radius 3 is 2.70 bits per heavy atom. The lowest BCUT2D eigenvalue weighted by Gasteiger charge is -2.08. The highest BCUT2D eigenvalue weighted by Crippen LogP contribution is 2.05. The van der Waals surface area contributed by atoms with Crippen LogP contribution in [-0.4, -0.2) is 23.0 Å². The van der Waals surface area contributed by atoms with Crippen LogP contribution in [0, 0.1) is 25.2 Å². The highest BCUT2D eigenvalue weighted by Gasteiger charge is 2.11. The summed E-state index contributed by atoms with van der Waals surface area (Å²) in [6.07, 6.45) is 0.00941. The number of pyridine rings is 1. The monoisotopic (exact) mass is 275 g/mol. The van der Waals surface area contributed by atoms with E-state index < -0.39 is 11.5 Å². The van der Waals surface area contributed by atoms with Crippen molar-refractivity contribution in [3.05, 3.63) is 33.2 Å². The van der Waals surface area contributed by atoms with Gasteiger partial charge in [-0.25, -0.2) is 4.68 Å².